The van der Waals surface area contributed by atoms with Crippen molar-refractivity contribution in [3.63, 3.8) is 0 Å². The molecule has 1 aromatic carbocycles. The summed E-state index contributed by atoms with van der Waals surface area (Å²) in [4.78, 5) is 20.5. The highest BCUT2D eigenvalue weighted by Gasteiger charge is 2.24. The molecule has 156 valence electrons. The van der Waals surface area contributed by atoms with Gasteiger partial charge < -0.3 is 25.6 Å². The molecule has 2 fully saturated rings. The number of halogens is 1. The van der Waals surface area contributed by atoms with Crippen LogP contribution in [0.15, 0.2) is 35.3 Å². The van der Waals surface area contributed by atoms with Gasteiger partial charge in [-0.25, -0.2) is 4.79 Å². The van der Waals surface area contributed by atoms with E-state index >= 15 is 0 Å². The summed E-state index contributed by atoms with van der Waals surface area (Å²) < 4.78 is 5.05. The Kier molecular flexibility index (Phi) is 9.14. The summed E-state index contributed by atoms with van der Waals surface area (Å²) in [5.74, 6) is 1.05. The third-order valence-electron chi connectivity index (χ3n) is 5.30. The lowest BCUT2D eigenvalue weighted by atomic mass is 10.1. The number of carbonyl (C=O) groups excluding carboxylic acids is 1. The third kappa shape index (κ3) is 6.42. The predicted molar refractivity (Wildman–Crippen MR) is 123 cm³/mol. The van der Waals surface area contributed by atoms with Gasteiger partial charge in [0, 0.05) is 44.5 Å². The van der Waals surface area contributed by atoms with Gasteiger partial charge in [0.1, 0.15) is 0 Å². The van der Waals surface area contributed by atoms with Crippen LogP contribution in [-0.2, 0) is 4.74 Å². The van der Waals surface area contributed by atoms with Gasteiger partial charge in [-0.15, -0.1) is 24.0 Å². The van der Waals surface area contributed by atoms with Crippen LogP contribution in [0, 0.1) is 5.92 Å². The maximum absolute atomic E-state index is 11.7. The van der Waals surface area contributed by atoms with Gasteiger partial charge in [0.25, 0.3) is 0 Å². The van der Waals surface area contributed by atoms with Gasteiger partial charge in [-0.3, -0.25) is 4.99 Å². The Bertz CT molecular complexity index is 635. The molecule has 0 aromatic heterocycles. The minimum absolute atomic E-state index is 0. The quantitative estimate of drug-likeness (QED) is 0.369. The molecule has 1 amide bonds. The molecule has 0 radical (unpaired) electrons. The molecule has 0 bridgehead atoms. The van der Waals surface area contributed by atoms with E-state index in [-0.39, 0.29) is 36.1 Å². The van der Waals surface area contributed by atoms with Crippen molar-refractivity contribution in [3.8, 4) is 0 Å². The average Bonchev–Trinajstić information content (AvgIpc) is 3.17. The van der Waals surface area contributed by atoms with Gasteiger partial charge in [-0.05, 0) is 44.2 Å². The Morgan fingerprint density at radius 2 is 1.93 bits per heavy atom. The molecular formula is C20H32IN5O2. The molecule has 1 unspecified atom stereocenters. The van der Waals surface area contributed by atoms with Crippen LogP contribution in [0.25, 0.3) is 0 Å². The Balaban J connectivity index is 0.00000280. The van der Waals surface area contributed by atoms with Crippen molar-refractivity contribution in [2.45, 2.75) is 32.2 Å². The largest absolute Gasteiger partial charge is 0.450 e. The number of benzene rings is 1. The fraction of sp³-hybridized carbons (Fsp3) is 0.600. The molecule has 0 aliphatic carbocycles. The van der Waals surface area contributed by atoms with E-state index in [1.165, 1.54) is 5.69 Å². The summed E-state index contributed by atoms with van der Waals surface area (Å²) in [7, 11) is 0. The fourth-order valence-electron chi connectivity index (χ4n) is 3.76. The topological polar surface area (TPSA) is 83.2 Å². The van der Waals surface area contributed by atoms with Gasteiger partial charge in [-0.2, -0.15) is 0 Å². The SMILES string of the molecule is CCOC(=O)N1CCC(NC(N)=NCC2CCN(c3ccccc3)C2)CC1.I. The van der Waals surface area contributed by atoms with Crippen molar-refractivity contribution in [2.75, 3.05) is 44.2 Å². The van der Waals surface area contributed by atoms with E-state index in [0.29, 0.717) is 31.6 Å². The lowest BCUT2D eigenvalue weighted by molar-refractivity contribution is 0.0963. The number of guanidine groups is 1. The number of nitrogens with one attached hydrogen (secondary N) is 1. The first-order valence-corrected chi connectivity index (χ1v) is 9.94. The smallest absolute Gasteiger partial charge is 0.409 e. The molecule has 28 heavy (non-hydrogen) atoms. The molecule has 2 aliphatic heterocycles. The highest BCUT2D eigenvalue weighted by atomic mass is 127. The molecule has 2 aliphatic rings. The minimum atomic E-state index is -0.221. The Labute approximate surface area is 184 Å². The third-order valence-corrected chi connectivity index (χ3v) is 5.30. The summed E-state index contributed by atoms with van der Waals surface area (Å²) in [6.45, 7) is 6.48. The number of hydrogen-bond donors (Lipinski definition) is 2. The first kappa shape index (κ1) is 22.6. The molecule has 1 aromatic rings. The van der Waals surface area contributed by atoms with Gasteiger partial charge in [0.05, 0.1) is 6.61 Å². The van der Waals surface area contributed by atoms with E-state index in [2.05, 4.69) is 39.5 Å². The number of rotatable bonds is 5. The van der Waals surface area contributed by atoms with Crippen LogP contribution in [-0.4, -0.2) is 62.3 Å². The molecule has 8 heteroatoms. The number of ether oxygens (including phenoxy) is 1. The number of nitrogens with zero attached hydrogens (tertiary/aromatic N) is 3. The normalized spacial score (nSPS) is 20.6. The van der Waals surface area contributed by atoms with E-state index in [4.69, 9.17) is 10.5 Å². The van der Waals surface area contributed by atoms with Gasteiger partial charge in [0.2, 0.25) is 0 Å². The number of likely N-dealkylation sites (tertiary alicyclic amines) is 1. The van der Waals surface area contributed by atoms with E-state index in [9.17, 15) is 4.79 Å². The van der Waals surface area contributed by atoms with Crippen molar-refractivity contribution in [1.29, 1.82) is 0 Å². The second-order valence-corrected chi connectivity index (χ2v) is 7.27. The van der Waals surface area contributed by atoms with E-state index in [0.717, 1.165) is 38.9 Å². The van der Waals surface area contributed by atoms with Crippen LogP contribution in [0.2, 0.25) is 0 Å². The van der Waals surface area contributed by atoms with Gasteiger partial charge in [-0.1, -0.05) is 18.2 Å². The Morgan fingerprint density at radius 1 is 1.21 bits per heavy atom. The summed E-state index contributed by atoms with van der Waals surface area (Å²) in [5.41, 5.74) is 7.37. The maximum atomic E-state index is 11.7. The molecular weight excluding hydrogens is 469 g/mol. The van der Waals surface area contributed by atoms with E-state index in [1.54, 1.807) is 4.90 Å². The number of hydrogen-bond acceptors (Lipinski definition) is 4. The van der Waals surface area contributed by atoms with Crippen LogP contribution in [0.1, 0.15) is 26.2 Å². The number of aliphatic imine (C=N–C) groups is 1. The zero-order valence-corrected chi connectivity index (χ0v) is 18.9. The number of carbonyl (C=O) groups is 1. The minimum Gasteiger partial charge on any atom is -0.450 e. The predicted octanol–water partition coefficient (Wildman–Crippen LogP) is 2.66. The van der Waals surface area contributed by atoms with Crippen molar-refractivity contribution in [1.82, 2.24) is 10.2 Å². The van der Waals surface area contributed by atoms with Crippen molar-refractivity contribution >= 4 is 41.7 Å². The zero-order valence-electron chi connectivity index (χ0n) is 16.5. The van der Waals surface area contributed by atoms with Crippen LogP contribution in [0.5, 0.6) is 0 Å². The summed E-state index contributed by atoms with van der Waals surface area (Å²) in [5, 5.41) is 3.31. The monoisotopic (exact) mass is 501 g/mol. The fourth-order valence-corrected chi connectivity index (χ4v) is 3.76. The summed E-state index contributed by atoms with van der Waals surface area (Å²) in [6.07, 6.45) is 2.64. The number of nitrogens with two attached hydrogens (primary N) is 1. The second kappa shape index (κ2) is 11.3. The Morgan fingerprint density at radius 3 is 2.61 bits per heavy atom. The zero-order chi connectivity index (χ0) is 19.1. The molecule has 1 atom stereocenters. The molecule has 0 spiro atoms. The molecule has 2 heterocycles. The summed E-state index contributed by atoms with van der Waals surface area (Å²) >= 11 is 0. The molecule has 2 saturated heterocycles. The standard InChI is InChI=1S/C20H31N5O2.HI/c1-2-27-20(26)24-12-9-17(10-13-24)23-19(21)22-14-16-8-11-25(15-16)18-6-4-3-5-7-18;/h3-7,16-17H,2,8-15H2,1H3,(H3,21,22,23);1H. The van der Waals surface area contributed by atoms with Crippen molar-refractivity contribution in [2.24, 2.45) is 16.6 Å². The van der Waals surface area contributed by atoms with Crippen LogP contribution < -0.4 is 16.0 Å². The van der Waals surface area contributed by atoms with Crippen LogP contribution >= 0.6 is 24.0 Å². The number of anilines is 1. The highest BCUT2D eigenvalue weighted by Crippen LogP contribution is 2.23. The van der Waals surface area contributed by atoms with Crippen LogP contribution in [0.4, 0.5) is 10.5 Å². The number of piperidine rings is 1. The van der Waals surface area contributed by atoms with Crippen molar-refractivity contribution in [3.05, 3.63) is 30.3 Å². The van der Waals surface area contributed by atoms with Crippen LogP contribution in [0.3, 0.4) is 0 Å². The van der Waals surface area contributed by atoms with E-state index in [1.807, 2.05) is 13.0 Å². The van der Waals surface area contributed by atoms with E-state index < -0.39 is 0 Å². The maximum Gasteiger partial charge on any atom is 0.409 e. The van der Waals surface area contributed by atoms with Gasteiger partial charge in [0.15, 0.2) is 5.96 Å². The lowest BCUT2D eigenvalue weighted by Crippen LogP contribution is -2.48. The Hall–Kier alpha value is -1.71. The van der Waals surface area contributed by atoms with Crippen molar-refractivity contribution < 1.29 is 9.53 Å². The second-order valence-electron chi connectivity index (χ2n) is 7.27. The number of amides is 1. The first-order chi connectivity index (χ1) is 13.2. The summed E-state index contributed by atoms with van der Waals surface area (Å²) in [6, 6.07) is 10.8. The molecule has 3 rings (SSSR count). The molecule has 7 nitrogen and oxygen atoms in total. The highest BCUT2D eigenvalue weighted by molar-refractivity contribution is 14.0. The first-order valence-electron chi connectivity index (χ1n) is 9.94. The van der Waals surface area contributed by atoms with Gasteiger partial charge >= 0.3 is 6.09 Å². The molecule has 0 saturated carbocycles. The lowest BCUT2D eigenvalue weighted by Gasteiger charge is -2.31. The number of para-hydroxylation sites is 1. The molecule has 3 N–H and O–H groups in total. The average molecular weight is 501 g/mol.